The van der Waals surface area contributed by atoms with Crippen LogP contribution in [0.2, 0.25) is 0 Å². The number of sulfone groups is 1. The average Bonchev–Trinajstić information content (AvgIpc) is 2.97. The normalized spacial score (nSPS) is 18.5. The van der Waals surface area contributed by atoms with Gasteiger partial charge in [-0.15, -0.1) is 0 Å². The zero-order chi connectivity index (χ0) is 18.7. The number of rotatable bonds is 5. The molecule has 1 fully saturated rings. The average molecular weight is 372 g/mol. The highest BCUT2D eigenvalue weighted by Gasteiger charge is 2.31. The number of anilines is 2. The highest BCUT2D eigenvalue weighted by atomic mass is 32.2. The van der Waals surface area contributed by atoms with Crippen LogP contribution in [0.5, 0.6) is 0 Å². The molecule has 1 unspecified atom stereocenters. The quantitative estimate of drug-likeness (QED) is 0.875. The van der Waals surface area contributed by atoms with E-state index >= 15 is 0 Å². The second-order valence-corrected chi connectivity index (χ2v) is 8.89. The Bertz CT molecular complexity index is 892. The Morgan fingerprint density at radius 2 is 1.85 bits per heavy atom. The Labute approximate surface area is 154 Å². The van der Waals surface area contributed by atoms with Crippen LogP contribution in [0.15, 0.2) is 48.5 Å². The van der Waals surface area contributed by atoms with Crippen LogP contribution in [-0.2, 0) is 9.84 Å². The number of benzene rings is 2. The fraction of sp³-hybridized carbons (Fsp3) is 0.350. The Morgan fingerprint density at radius 1 is 1.15 bits per heavy atom. The predicted molar refractivity (Wildman–Crippen MR) is 106 cm³/mol. The van der Waals surface area contributed by atoms with Crippen LogP contribution in [0.3, 0.4) is 0 Å². The zero-order valence-corrected chi connectivity index (χ0v) is 15.9. The van der Waals surface area contributed by atoms with Crippen molar-refractivity contribution in [2.24, 2.45) is 0 Å². The molecule has 1 saturated heterocycles. The van der Waals surface area contributed by atoms with E-state index in [4.69, 9.17) is 0 Å². The van der Waals surface area contributed by atoms with Crippen LogP contribution in [0.25, 0.3) is 0 Å². The molecule has 26 heavy (non-hydrogen) atoms. The third-order valence-corrected chi connectivity index (χ3v) is 6.59. The SMILES string of the molecule is CCN(c1ccc(NC(=O)c2ccccc2C)cc1)C1CCS(=O)(=O)C1. The van der Waals surface area contributed by atoms with E-state index in [1.807, 2.05) is 56.3 Å². The van der Waals surface area contributed by atoms with Gasteiger partial charge in [-0.2, -0.15) is 0 Å². The number of aryl methyl sites for hydroxylation is 1. The maximum Gasteiger partial charge on any atom is 0.255 e. The molecule has 1 amide bonds. The molecule has 0 aromatic heterocycles. The molecular formula is C20H24N2O3S. The minimum absolute atomic E-state index is 0.0254. The summed E-state index contributed by atoms with van der Waals surface area (Å²) in [5.74, 6) is 0.343. The molecule has 5 nitrogen and oxygen atoms in total. The van der Waals surface area contributed by atoms with E-state index in [-0.39, 0.29) is 23.5 Å². The molecule has 0 aliphatic carbocycles. The molecule has 2 aromatic carbocycles. The Hall–Kier alpha value is -2.34. The molecule has 0 radical (unpaired) electrons. The lowest BCUT2D eigenvalue weighted by molar-refractivity contribution is 0.102. The number of nitrogens with zero attached hydrogens (tertiary/aromatic N) is 1. The fourth-order valence-corrected chi connectivity index (χ4v) is 5.17. The molecule has 0 bridgehead atoms. The summed E-state index contributed by atoms with van der Waals surface area (Å²) in [6.07, 6.45) is 0.669. The van der Waals surface area contributed by atoms with Crippen molar-refractivity contribution >= 4 is 27.1 Å². The van der Waals surface area contributed by atoms with E-state index in [0.717, 1.165) is 23.5 Å². The smallest absolute Gasteiger partial charge is 0.255 e. The summed E-state index contributed by atoms with van der Waals surface area (Å²) >= 11 is 0. The van der Waals surface area contributed by atoms with Crippen molar-refractivity contribution in [3.8, 4) is 0 Å². The summed E-state index contributed by atoms with van der Waals surface area (Å²) in [5.41, 5.74) is 3.28. The van der Waals surface area contributed by atoms with Gasteiger partial charge < -0.3 is 10.2 Å². The van der Waals surface area contributed by atoms with Crippen LogP contribution in [0, 0.1) is 6.92 Å². The number of carbonyl (C=O) groups is 1. The summed E-state index contributed by atoms with van der Waals surface area (Å²) in [6, 6.07) is 15.1. The van der Waals surface area contributed by atoms with Gasteiger partial charge in [0.25, 0.3) is 5.91 Å². The first-order chi connectivity index (χ1) is 12.4. The summed E-state index contributed by atoms with van der Waals surface area (Å²) in [7, 11) is -2.92. The predicted octanol–water partition coefficient (Wildman–Crippen LogP) is 3.26. The molecule has 6 heteroatoms. The van der Waals surface area contributed by atoms with E-state index in [0.29, 0.717) is 12.0 Å². The topological polar surface area (TPSA) is 66.5 Å². The largest absolute Gasteiger partial charge is 0.368 e. The van der Waals surface area contributed by atoms with Gasteiger partial charge in [0, 0.05) is 29.5 Å². The number of hydrogen-bond acceptors (Lipinski definition) is 4. The summed E-state index contributed by atoms with van der Waals surface area (Å²) in [5, 5.41) is 2.91. The number of nitrogens with one attached hydrogen (secondary N) is 1. The van der Waals surface area contributed by atoms with Gasteiger partial charge in [0.1, 0.15) is 0 Å². The monoisotopic (exact) mass is 372 g/mol. The van der Waals surface area contributed by atoms with E-state index in [1.54, 1.807) is 6.07 Å². The summed E-state index contributed by atoms with van der Waals surface area (Å²) in [4.78, 5) is 14.5. The van der Waals surface area contributed by atoms with E-state index < -0.39 is 9.84 Å². The van der Waals surface area contributed by atoms with Crippen molar-refractivity contribution in [3.05, 3.63) is 59.7 Å². The fourth-order valence-electron chi connectivity index (χ4n) is 3.44. The lowest BCUT2D eigenvalue weighted by atomic mass is 10.1. The van der Waals surface area contributed by atoms with Gasteiger partial charge >= 0.3 is 0 Å². The molecule has 0 saturated carbocycles. The van der Waals surface area contributed by atoms with Crippen molar-refractivity contribution in [2.75, 3.05) is 28.3 Å². The maximum absolute atomic E-state index is 12.4. The van der Waals surface area contributed by atoms with Gasteiger partial charge in [0.2, 0.25) is 0 Å². The van der Waals surface area contributed by atoms with Gasteiger partial charge in [-0.25, -0.2) is 8.42 Å². The highest BCUT2D eigenvalue weighted by molar-refractivity contribution is 7.91. The molecule has 1 atom stereocenters. The highest BCUT2D eigenvalue weighted by Crippen LogP contribution is 2.25. The number of hydrogen-bond donors (Lipinski definition) is 1. The summed E-state index contributed by atoms with van der Waals surface area (Å²) < 4.78 is 23.5. The van der Waals surface area contributed by atoms with Crippen LogP contribution >= 0.6 is 0 Å². The second-order valence-electron chi connectivity index (χ2n) is 6.66. The van der Waals surface area contributed by atoms with Gasteiger partial charge in [-0.05, 0) is 56.2 Å². The second kappa shape index (κ2) is 7.50. The van der Waals surface area contributed by atoms with Crippen molar-refractivity contribution in [1.29, 1.82) is 0 Å². The molecular weight excluding hydrogens is 348 g/mol. The van der Waals surface area contributed by atoms with Crippen molar-refractivity contribution in [1.82, 2.24) is 0 Å². The summed E-state index contributed by atoms with van der Waals surface area (Å²) in [6.45, 7) is 4.68. The molecule has 0 spiro atoms. The first-order valence-corrected chi connectivity index (χ1v) is 10.7. The van der Waals surface area contributed by atoms with E-state index in [9.17, 15) is 13.2 Å². The zero-order valence-electron chi connectivity index (χ0n) is 15.1. The van der Waals surface area contributed by atoms with Crippen LogP contribution in [0.4, 0.5) is 11.4 Å². The number of carbonyl (C=O) groups excluding carboxylic acids is 1. The van der Waals surface area contributed by atoms with Gasteiger partial charge in [0.05, 0.1) is 11.5 Å². The molecule has 1 aliphatic heterocycles. The Morgan fingerprint density at radius 3 is 2.42 bits per heavy atom. The lowest BCUT2D eigenvalue weighted by Crippen LogP contribution is -2.36. The van der Waals surface area contributed by atoms with Gasteiger partial charge in [0.15, 0.2) is 9.84 Å². The molecule has 1 heterocycles. The molecule has 3 rings (SSSR count). The molecule has 2 aromatic rings. The molecule has 1 N–H and O–H groups in total. The third-order valence-electron chi connectivity index (χ3n) is 4.84. The van der Waals surface area contributed by atoms with E-state index in [1.165, 1.54) is 0 Å². The van der Waals surface area contributed by atoms with Crippen molar-refractivity contribution < 1.29 is 13.2 Å². The lowest BCUT2D eigenvalue weighted by Gasteiger charge is -2.29. The first-order valence-electron chi connectivity index (χ1n) is 8.84. The van der Waals surface area contributed by atoms with Crippen molar-refractivity contribution in [3.63, 3.8) is 0 Å². The maximum atomic E-state index is 12.4. The molecule has 1 aliphatic rings. The minimum atomic E-state index is -2.92. The van der Waals surface area contributed by atoms with Gasteiger partial charge in [-0.3, -0.25) is 4.79 Å². The van der Waals surface area contributed by atoms with E-state index in [2.05, 4.69) is 10.2 Å². The number of amides is 1. The Balaban J connectivity index is 1.72. The molecule has 138 valence electrons. The van der Waals surface area contributed by atoms with Crippen LogP contribution in [0.1, 0.15) is 29.3 Å². The third kappa shape index (κ3) is 4.07. The van der Waals surface area contributed by atoms with Crippen molar-refractivity contribution in [2.45, 2.75) is 26.3 Å². The van der Waals surface area contributed by atoms with Crippen LogP contribution in [-0.4, -0.2) is 38.4 Å². The van der Waals surface area contributed by atoms with Crippen LogP contribution < -0.4 is 10.2 Å². The standard InChI is InChI=1S/C20H24N2O3S/c1-3-22(18-12-13-26(24,25)14-18)17-10-8-16(9-11-17)21-20(23)19-7-5-4-6-15(19)2/h4-11,18H,3,12-14H2,1-2H3,(H,21,23). The van der Waals surface area contributed by atoms with Gasteiger partial charge in [-0.1, -0.05) is 18.2 Å². The minimum Gasteiger partial charge on any atom is -0.368 e. The first kappa shape index (κ1) is 18.5. The Kier molecular flexibility index (Phi) is 5.32.